The predicted octanol–water partition coefficient (Wildman–Crippen LogP) is 4.13. The molecule has 0 aliphatic carbocycles. The molecule has 2 amide bonds. The molecule has 2 aromatic carbocycles. The molecule has 0 saturated heterocycles. The molecule has 0 aliphatic heterocycles. The maximum atomic E-state index is 12.5. The summed E-state index contributed by atoms with van der Waals surface area (Å²) in [6.45, 7) is 4.50. The second kappa shape index (κ2) is 8.95. The predicted molar refractivity (Wildman–Crippen MR) is 110 cm³/mol. The Morgan fingerprint density at radius 1 is 0.893 bits per heavy atom. The molecule has 5 heteroatoms. The van der Waals surface area contributed by atoms with E-state index in [9.17, 15) is 9.59 Å². The highest BCUT2D eigenvalue weighted by Gasteiger charge is 2.12. The molecule has 28 heavy (non-hydrogen) atoms. The zero-order valence-corrected chi connectivity index (χ0v) is 16.0. The lowest BCUT2D eigenvalue weighted by molar-refractivity contribution is 0.0946. The van der Waals surface area contributed by atoms with Crippen molar-refractivity contribution in [3.05, 3.63) is 94.8 Å². The summed E-state index contributed by atoms with van der Waals surface area (Å²) in [6, 6.07) is 18.7. The van der Waals surface area contributed by atoms with Gasteiger partial charge in [-0.05, 0) is 48.7 Å². The molecule has 3 rings (SSSR count). The third-order valence-electron chi connectivity index (χ3n) is 4.45. The highest BCUT2D eigenvalue weighted by atomic mass is 16.2. The molecular formula is C23H23N3O2. The summed E-state index contributed by atoms with van der Waals surface area (Å²) in [5.74, 6) is -0.596. The van der Waals surface area contributed by atoms with E-state index in [2.05, 4.69) is 22.5 Å². The fourth-order valence-corrected chi connectivity index (χ4v) is 2.70. The van der Waals surface area contributed by atoms with Gasteiger partial charge in [0.1, 0.15) is 5.69 Å². The molecule has 0 fully saturated rings. The summed E-state index contributed by atoms with van der Waals surface area (Å²) < 4.78 is 0. The van der Waals surface area contributed by atoms with Crippen molar-refractivity contribution >= 4 is 17.5 Å². The SMILES string of the molecule is CCc1ccc(NC(=O)c2ccnc(C(=O)NCc3ccc(C)cc3)c2)cc1. The van der Waals surface area contributed by atoms with Gasteiger partial charge >= 0.3 is 0 Å². The first-order valence-electron chi connectivity index (χ1n) is 9.25. The largest absolute Gasteiger partial charge is 0.347 e. The number of hydrogen-bond acceptors (Lipinski definition) is 3. The Labute approximate surface area is 164 Å². The lowest BCUT2D eigenvalue weighted by atomic mass is 10.1. The van der Waals surface area contributed by atoms with Gasteiger partial charge in [0, 0.05) is 24.0 Å². The number of aromatic nitrogens is 1. The number of carbonyl (C=O) groups excluding carboxylic acids is 2. The van der Waals surface area contributed by atoms with Crippen LogP contribution >= 0.6 is 0 Å². The number of nitrogens with one attached hydrogen (secondary N) is 2. The third kappa shape index (κ3) is 5.04. The van der Waals surface area contributed by atoms with Crippen LogP contribution < -0.4 is 10.6 Å². The van der Waals surface area contributed by atoms with Crippen LogP contribution in [-0.4, -0.2) is 16.8 Å². The summed E-state index contributed by atoms with van der Waals surface area (Å²) in [6.07, 6.45) is 2.41. The molecular weight excluding hydrogens is 350 g/mol. The highest BCUT2D eigenvalue weighted by Crippen LogP contribution is 2.12. The minimum atomic E-state index is -0.317. The summed E-state index contributed by atoms with van der Waals surface area (Å²) in [7, 11) is 0. The third-order valence-corrected chi connectivity index (χ3v) is 4.45. The Morgan fingerprint density at radius 2 is 1.57 bits per heavy atom. The number of anilines is 1. The van der Waals surface area contributed by atoms with Gasteiger partial charge in [-0.3, -0.25) is 14.6 Å². The van der Waals surface area contributed by atoms with E-state index in [1.54, 1.807) is 6.07 Å². The van der Waals surface area contributed by atoms with Gasteiger partial charge in [-0.15, -0.1) is 0 Å². The molecule has 5 nitrogen and oxygen atoms in total. The van der Waals surface area contributed by atoms with Gasteiger partial charge in [0.25, 0.3) is 11.8 Å². The molecule has 3 aromatic rings. The molecule has 0 saturated carbocycles. The monoisotopic (exact) mass is 373 g/mol. The smallest absolute Gasteiger partial charge is 0.270 e. The molecule has 142 valence electrons. The second-order valence-electron chi connectivity index (χ2n) is 6.60. The van der Waals surface area contributed by atoms with Crippen LogP contribution in [0.15, 0.2) is 66.9 Å². The number of carbonyl (C=O) groups is 2. The quantitative estimate of drug-likeness (QED) is 0.682. The van der Waals surface area contributed by atoms with E-state index in [0.717, 1.165) is 12.0 Å². The van der Waals surface area contributed by atoms with Crippen LogP contribution in [0, 0.1) is 6.92 Å². The lowest BCUT2D eigenvalue weighted by Gasteiger charge is -2.08. The Hall–Kier alpha value is -3.47. The number of hydrogen-bond donors (Lipinski definition) is 2. The molecule has 0 bridgehead atoms. The van der Waals surface area contributed by atoms with Gasteiger partial charge < -0.3 is 10.6 Å². The summed E-state index contributed by atoms with van der Waals surface area (Å²) >= 11 is 0. The van der Waals surface area contributed by atoms with E-state index in [1.165, 1.54) is 23.4 Å². The zero-order valence-electron chi connectivity index (χ0n) is 16.0. The van der Waals surface area contributed by atoms with E-state index >= 15 is 0 Å². The number of pyridine rings is 1. The fraction of sp³-hybridized carbons (Fsp3) is 0.174. The number of aryl methyl sites for hydroxylation is 2. The van der Waals surface area contributed by atoms with Gasteiger partial charge in [-0.25, -0.2) is 0 Å². The van der Waals surface area contributed by atoms with Crippen molar-refractivity contribution in [1.82, 2.24) is 10.3 Å². The second-order valence-corrected chi connectivity index (χ2v) is 6.60. The maximum Gasteiger partial charge on any atom is 0.270 e. The Kier molecular flexibility index (Phi) is 6.17. The van der Waals surface area contributed by atoms with E-state index in [-0.39, 0.29) is 17.5 Å². The number of rotatable bonds is 6. The molecule has 0 aliphatic rings. The first kappa shape index (κ1) is 19.3. The van der Waals surface area contributed by atoms with Crippen molar-refractivity contribution in [2.75, 3.05) is 5.32 Å². The minimum Gasteiger partial charge on any atom is -0.347 e. The summed E-state index contributed by atoms with van der Waals surface area (Å²) in [4.78, 5) is 29.0. The van der Waals surface area contributed by atoms with Gasteiger partial charge in [0.15, 0.2) is 0 Å². The van der Waals surface area contributed by atoms with Crippen molar-refractivity contribution < 1.29 is 9.59 Å². The normalized spacial score (nSPS) is 10.4. The van der Waals surface area contributed by atoms with Crippen molar-refractivity contribution in [2.24, 2.45) is 0 Å². The van der Waals surface area contributed by atoms with Crippen LogP contribution in [0.4, 0.5) is 5.69 Å². The average Bonchev–Trinajstić information content (AvgIpc) is 2.73. The summed E-state index contributed by atoms with van der Waals surface area (Å²) in [5.41, 5.74) is 4.68. The Morgan fingerprint density at radius 3 is 2.25 bits per heavy atom. The topological polar surface area (TPSA) is 71.1 Å². The van der Waals surface area contributed by atoms with Crippen LogP contribution in [0.1, 0.15) is 44.5 Å². The maximum absolute atomic E-state index is 12.5. The van der Waals surface area contributed by atoms with Crippen LogP contribution in [0.5, 0.6) is 0 Å². The van der Waals surface area contributed by atoms with Crippen molar-refractivity contribution in [3.63, 3.8) is 0 Å². The average molecular weight is 373 g/mol. The van der Waals surface area contributed by atoms with Crippen molar-refractivity contribution in [2.45, 2.75) is 26.8 Å². The standard InChI is InChI=1S/C23H23N3O2/c1-3-17-8-10-20(11-9-17)26-22(27)19-12-13-24-21(14-19)23(28)25-15-18-6-4-16(2)5-7-18/h4-14H,3,15H2,1-2H3,(H,25,28)(H,26,27). The van der Waals surface area contributed by atoms with Crippen LogP contribution in [0.25, 0.3) is 0 Å². The first-order valence-corrected chi connectivity index (χ1v) is 9.25. The fourth-order valence-electron chi connectivity index (χ4n) is 2.70. The van der Waals surface area contributed by atoms with Crippen LogP contribution in [0.3, 0.4) is 0 Å². The Bertz CT molecular complexity index is 964. The van der Waals surface area contributed by atoms with Crippen LogP contribution in [-0.2, 0) is 13.0 Å². The van der Waals surface area contributed by atoms with E-state index in [4.69, 9.17) is 0 Å². The number of amides is 2. The molecule has 0 spiro atoms. The molecule has 1 heterocycles. The van der Waals surface area contributed by atoms with Gasteiger partial charge in [-0.1, -0.05) is 48.9 Å². The zero-order chi connectivity index (χ0) is 19.9. The number of benzene rings is 2. The van der Waals surface area contributed by atoms with E-state index in [0.29, 0.717) is 17.8 Å². The summed E-state index contributed by atoms with van der Waals surface area (Å²) in [5, 5.41) is 5.67. The Balaban J connectivity index is 1.64. The minimum absolute atomic E-state index is 0.209. The molecule has 0 unspecified atom stereocenters. The molecule has 0 atom stereocenters. The van der Waals surface area contributed by atoms with Gasteiger partial charge in [-0.2, -0.15) is 0 Å². The van der Waals surface area contributed by atoms with E-state index < -0.39 is 0 Å². The molecule has 1 aromatic heterocycles. The lowest BCUT2D eigenvalue weighted by Crippen LogP contribution is -2.24. The van der Waals surface area contributed by atoms with Crippen molar-refractivity contribution in [1.29, 1.82) is 0 Å². The van der Waals surface area contributed by atoms with Gasteiger partial charge in [0.05, 0.1) is 0 Å². The van der Waals surface area contributed by atoms with E-state index in [1.807, 2.05) is 55.5 Å². The molecule has 0 radical (unpaired) electrons. The highest BCUT2D eigenvalue weighted by molar-refractivity contribution is 6.05. The van der Waals surface area contributed by atoms with Crippen LogP contribution in [0.2, 0.25) is 0 Å². The molecule has 2 N–H and O–H groups in total. The van der Waals surface area contributed by atoms with Gasteiger partial charge in [0.2, 0.25) is 0 Å². The first-order chi connectivity index (χ1) is 13.5. The number of nitrogens with zero attached hydrogens (tertiary/aromatic N) is 1. The van der Waals surface area contributed by atoms with Crippen molar-refractivity contribution in [3.8, 4) is 0 Å².